The standard InChI is InChI=1S/C25H32N4O4S/c1-19-9-10-20(2)23(17-19)34(32,33)26-22-8-4-3-7-21(22)25(31)29-15-13-27(14-16-29)18-24(30)28-11-5-6-12-28/h3-4,7-10,17,26H,5-6,11-16,18H2,1-2H3. The first kappa shape index (κ1) is 24.2. The Balaban J connectivity index is 1.43. The average molecular weight is 485 g/mol. The fraction of sp³-hybridized carbons (Fsp3) is 0.440. The summed E-state index contributed by atoms with van der Waals surface area (Å²) >= 11 is 0. The predicted molar refractivity (Wildman–Crippen MR) is 131 cm³/mol. The second kappa shape index (κ2) is 10.1. The van der Waals surface area contributed by atoms with Gasteiger partial charge >= 0.3 is 0 Å². The number of amides is 2. The molecule has 2 amide bonds. The molecule has 4 rings (SSSR count). The molecule has 2 aromatic carbocycles. The second-order valence-corrected chi connectivity index (χ2v) is 10.7. The number of carbonyl (C=O) groups is 2. The summed E-state index contributed by atoms with van der Waals surface area (Å²) in [6.07, 6.45) is 2.14. The average Bonchev–Trinajstić information content (AvgIpc) is 3.36. The molecule has 9 heteroatoms. The molecule has 2 aliphatic rings. The van der Waals surface area contributed by atoms with Crippen molar-refractivity contribution in [3.8, 4) is 0 Å². The van der Waals surface area contributed by atoms with Crippen LogP contribution in [-0.2, 0) is 14.8 Å². The summed E-state index contributed by atoms with van der Waals surface area (Å²) in [6.45, 7) is 7.86. The molecular weight excluding hydrogens is 452 g/mol. The lowest BCUT2D eigenvalue weighted by Crippen LogP contribution is -2.51. The van der Waals surface area contributed by atoms with Crippen LogP contribution in [0.25, 0.3) is 0 Å². The molecule has 1 N–H and O–H groups in total. The van der Waals surface area contributed by atoms with Crippen LogP contribution < -0.4 is 4.72 Å². The van der Waals surface area contributed by atoms with Gasteiger partial charge in [0.1, 0.15) is 0 Å². The maximum absolute atomic E-state index is 13.3. The van der Waals surface area contributed by atoms with E-state index in [0.717, 1.165) is 31.5 Å². The minimum atomic E-state index is -3.85. The van der Waals surface area contributed by atoms with Crippen molar-refractivity contribution in [3.63, 3.8) is 0 Å². The number of likely N-dealkylation sites (tertiary alicyclic amines) is 1. The first-order chi connectivity index (χ1) is 16.2. The zero-order valence-corrected chi connectivity index (χ0v) is 20.6. The molecule has 2 aromatic rings. The van der Waals surface area contributed by atoms with Gasteiger partial charge in [0.15, 0.2) is 0 Å². The van der Waals surface area contributed by atoms with Crippen LogP contribution >= 0.6 is 0 Å². The lowest BCUT2D eigenvalue weighted by atomic mass is 10.1. The third kappa shape index (κ3) is 5.42. The van der Waals surface area contributed by atoms with E-state index < -0.39 is 10.0 Å². The Morgan fingerprint density at radius 1 is 0.882 bits per heavy atom. The van der Waals surface area contributed by atoms with E-state index >= 15 is 0 Å². The van der Waals surface area contributed by atoms with E-state index in [1.807, 2.05) is 17.9 Å². The highest BCUT2D eigenvalue weighted by Gasteiger charge is 2.28. The molecule has 0 aromatic heterocycles. The van der Waals surface area contributed by atoms with E-state index in [0.29, 0.717) is 43.9 Å². The van der Waals surface area contributed by atoms with E-state index in [2.05, 4.69) is 9.62 Å². The van der Waals surface area contributed by atoms with Crippen LogP contribution in [0.2, 0.25) is 0 Å². The fourth-order valence-electron chi connectivity index (χ4n) is 4.49. The Bertz CT molecular complexity index is 1170. The molecule has 0 radical (unpaired) electrons. The Hall–Kier alpha value is -2.91. The zero-order valence-electron chi connectivity index (χ0n) is 19.8. The summed E-state index contributed by atoms with van der Waals surface area (Å²) in [5.74, 6) is -0.0618. The molecule has 0 unspecified atom stereocenters. The van der Waals surface area contributed by atoms with Gasteiger partial charge < -0.3 is 9.80 Å². The van der Waals surface area contributed by atoms with Crippen LogP contribution in [0.4, 0.5) is 5.69 Å². The number of carbonyl (C=O) groups excluding carboxylic acids is 2. The molecular formula is C25H32N4O4S. The summed E-state index contributed by atoms with van der Waals surface area (Å²) in [5, 5.41) is 0. The molecule has 2 heterocycles. The summed E-state index contributed by atoms with van der Waals surface area (Å²) in [4.78, 5) is 31.6. The molecule has 0 atom stereocenters. The molecule has 2 fully saturated rings. The summed E-state index contributed by atoms with van der Waals surface area (Å²) in [5.41, 5.74) is 2.07. The SMILES string of the molecule is Cc1ccc(C)c(S(=O)(=O)Nc2ccccc2C(=O)N2CCN(CC(=O)N3CCCC3)CC2)c1. The number of para-hydroxylation sites is 1. The van der Waals surface area contributed by atoms with Gasteiger partial charge in [-0.15, -0.1) is 0 Å². The van der Waals surface area contributed by atoms with Gasteiger partial charge in [0.2, 0.25) is 5.91 Å². The molecule has 2 saturated heterocycles. The van der Waals surface area contributed by atoms with Crippen molar-refractivity contribution in [2.75, 3.05) is 50.5 Å². The molecule has 8 nitrogen and oxygen atoms in total. The third-order valence-corrected chi connectivity index (χ3v) is 8.02. The van der Waals surface area contributed by atoms with Gasteiger partial charge in [-0.25, -0.2) is 8.42 Å². The first-order valence-electron chi connectivity index (χ1n) is 11.7. The van der Waals surface area contributed by atoms with Crippen molar-refractivity contribution < 1.29 is 18.0 Å². The number of piperazine rings is 1. The number of rotatable bonds is 6. The van der Waals surface area contributed by atoms with Gasteiger partial charge in [-0.05, 0) is 56.0 Å². The fourth-order valence-corrected chi connectivity index (χ4v) is 5.90. The van der Waals surface area contributed by atoms with E-state index in [-0.39, 0.29) is 22.4 Å². The van der Waals surface area contributed by atoms with Crippen LogP contribution in [0, 0.1) is 13.8 Å². The lowest BCUT2D eigenvalue weighted by Gasteiger charge is -2.35. The summed E-state index contributed by atoms with van der Waals surface area (Å²) in [6, 6.07) is 12.0. The van der Waals surface area contributed by atoms with Crippen LogP contribution in [-0.4, -0.2) is 80.7 Å². The Kier molecular flexibility index (Phi) is 7.23. The van der Waals surface area contributed by atoms with Crippen molar-refractivity contribution >= 4 is 27.5 Å². The van der Waals surface area contributed by atoms with Crippen molar-refractivity contribution in [3.05, 3.63) is 59.2 Å². The van der Waals surface area contributed by atoms with Gasteiger partial charge in [0.05, 0.1) is 22.7 Å². The molecule has 182 valence electrons. The quantitative estimate of drug-likeness (QED) is 0.680. The Labute approximate surface area is 201 Å². The second-order valence-electron chi connectivity index (χ2n) is 9.08. The molecule has 34 heavy (non-hydrogen) atoms. The van der Waals surface area contributed by atoms with E-state index in [1.54, 1.807) is 48.2 Å². The highest BCUT2D eigenvalue weighted by molar-refractivity contribution is 7.92. The van der Waals surface area contributed by atoms with Gasteiger partial charge in [-0.1, -0.05) is 24.3 Å². The number of nitrogens with one attached hydrogen (secondary N) is 1. The Morgan fingerprint density at radius 2 is 1.56 bits per heavy atom. The minimum Gasteiger partial charge on any atom is -0.342 e. The van der Waals surface area contributed by atoms with Gasteiger partial charge in [0.25, 0.3) is 15.9 Å². The van der Waals surface area contributed by atoms with Gasteiger partial charge in [0, 0.05) is 39.3 Å². The number of nitrogens with zero attached hydrogens (tertiary/aromatic N) is 3. The van der Waals surface area contributed by atoms with Crippen molar-refractivity contribution in [2.45, 2.75) is 31.6 Å². The summed E-state index contributed by atoms with van der Waals surface area (Å²) in [7, 11) is -3.85. The largest absolute Gasteiger partial charge is 0.342 e. The monoisotopic (exact) mass is 484 g/mol. The maximum Gasteiger partial charge on any atom is 0.262 e. The molecule has 0 saturated carbocycles. The highest BCUT2D eigenvalue weighted by atomic mass is 32.2. The summed E-state index contributed by atoms with van der Waals surface area (Å²) < 4.78 is 28.8. The topological polar surface area (TPSA) is 90.0 Å². The van der Waals surface area contributed by atoms with Crippen molar-refractivity contribution in [2.24, 2.45) is 0 Å². The molecule has 0 spiro atoms. The number of anilines is 1. The van der Waals surface area contributed by atoms with Crippen molar-refractivity contribution in [1.82, 2.24) is 14.7 Å². The van der Waals surface area contributed by atoms with E-state index in [4.69, 9.17) is 0 Å². The molecule has 0 bridgehead atoms. The number of benzene rings is 2. The van der Waals surface area contributed by atoms with Crippen LogP contribution in [0.1, 0.15) is 34.3 Å². The van der Waals surface area contributed by atoms with Gasteiger partial charge in [-0.2, -0.15) is 0 Å². The molecule has 0 aliphatic carbocycles. The normalized spacial score (nSPS) is 17.1. The highest BCUT2D eigenvalue weighted by Crippen LogP contribution is 2.24. The first-order valence-corrected chi connectivity index (χ1v) is 13.2. The molecule has 2 aliphatic heterocycles. The zero-order chi connectivity index (χ0) is 24.3. The number of aryl methyl sites for hydroxylation is 2. The van der Waals surface area contributed by atoms with Crippen molar-refractivity contribution in [1.29, 1.82) is 0 Å². The van der Waals surface area contributed by atoms with Gasteiger partial charge in [-0.3, -0.25) is 19.2 Å². The predicted octanol–water partition coefficient (Wildman–Crippen LogP) is 2.48. The smallest absolute Gasteiger partial charge is 0.262 e. The van der Waals surface area contributed by atoms with Crippen LogP contribution in [0.15, 0.2) is 47.4 Å². The van der Waals surface area contributed by atoms with E-state index in [1.165, 1.54) is 0 Å². The Morgan fingerprint density at radius 3 is 2.26 bits per heavy atom. The maximum atomic E-state index is 13.3. The van der Waals surface area contributed by atoms with Crippen LogP contribution in [0.3, 0.4) is 0 Å². The lowest BCUT2D eigenvalue weighted by molar-refractivity contribution is -0.131. The van der Waals surface area contributed by atoms with E-state index in [9.17, 15) is 18.0 Å². The van der Waals surface area contributed by atoms with Crippen LogP contribution in [0.5, 0.6) is 0 Å². The third-order valence-electron chi connectivity index (χ3n) is 6.51. The number of sulfonamides is 1. The number of hydrogen-bond donors (Lipinski definition) is 1. The number of hydrogen-bond acceptors (Lipinski definition) is 5. The minimum absolute atomic E-state index is 0.156.